The summed E-state index contributed by atoms with van der Waals surface area (Å²) in [7, 11) is 1.48. The molecule has 0 aromatic rings. The number of carbonyl (C=O) groups is 1. The average Bonchev–Trinajstić information content (AvgIpc) is 2.61. The molecule has 140 valence electrons. The molecule has 4 N–H and O–H groups in total. The number of methoxy groups -OCH3 is 1. The van der Waals surface area contributed by atoms with E-state index in [0.29, 0.717) is 12.2 Å². The third-order valence-electron chi connectivity index (χ3n) is 3.81. The fourth-order valence-corrected chi connectivity index (χ4v) is 2.22. The van der Waals surface area contributed by atoms with E-state index in [1.165, 1.54) is 7.11 Å². The topological polar surface area (TPSA) is 109 Å². The lowest BCUT2D eigenvalue weighted by atomic mass is 9.96. The zero-order valence-corrected chi connectivity index (χ0v) is 14.9. The molecule has 0 heterocycles. The lowest BCUT2D eigenvalue weighted by Gasteiger charge is -2.22. The number of hydrogen-bond donors (Lipinski definition) is 3. The molecule has 0 saturated heterocycles. The van der Waals surface area contributed by atoms with Gasteiger partial charge in [0.1, 0.15) is 6.04 Å². The predicted molar refractivity (Wildman–Crippen MR) is 95.0 cm³/mol. The fourth-order valence-electron chi connectivity index (χ4n) is 2.22. The Balaban J connectivity index is 2.61. The monoisotopic (exact) mass is 354 g/mol. The number of aliphatic hydroxyl groups is 1. The molecule has 1 aliphatic rings. The second-order valence-corrected chi connectivity index (χ2v) is 5.97. The molecule has 0 aliphatic heterocycles. The van der Waals surface area contributed by atoms with Crippen LogP contribution in [0.5, 0.6) is 0 Å². The molecule has 0 saturated carbocycles. The summed E-state index contributed by atoms with van der Waals surface area (Å²) in [5, 5.41) is 21.4. The zero-order valence-electron chi connectivity index (χ0n) is 14.9. The lowest BCUT2D eigenvalue weighted by Crippen LogP contribution is -2.42. The molecule has 0 fully saturated rings. The zero-order chi connectivity index (χ0) is 18.8. The normalized spacial score (nSPS) is 19.6. The standard InChI is InChI=1S/C18H27NO6/c1-4-14-7-13(5-6-16(14)21)8-15(18(22)23)19-9-17(24-3)25-11-12(2)10-20/h4-7,12,15,17,19-20H,8-11H2,1-3H3,(H,22,23)/p+1. The van der Waals surface area contributed by atoms with E-state index in [2.05, 4.69) is 5.32 Å². The van der Waals surface area contributed by atoms with Crippen LogP contribution in [0.2, 0.25) is 0 Å². The Morgan fingerprint density at radius 3 is 2.72 bits per heavy atom. The smallest absolute Gasteiger partial charge is 0.346 e. The van der Waals surface area contributed by atoms with E-state index in [9.17, 15) is 14.7 Å². The Hall–Kier alpha value is -1.80. The Bertz CT molecular complexity index is 552. The summed E-state index contributed by atoms with van der Waals surface area (Å²) in [6.07, 6.45) is 6.45. The fraction of sp³-hybridized carbons (Fsp3) is 0.556. The summed E-state index contributed by atoms with van der Waals surface area (Å²) in [6, 6.07) is -0.814. The van der Waals surface area contributed by atoms with E-state index in [1.54, 1.807) is 31.2 Å². The maximum atomic E-state index is 11.5. The molecule has 7 heteroatoms. The molecule has 1 rings (SSSR count). The molecule has 0 bridgehead atoms. The molecular weight excluding hydrogens is 326 g/mol. The van der Waals surface area contributed by atoms with Crippen LogP contribution in [-0.4, -0.2) is 66.0 Å². The van der Waals surface area contributed by atoms with E-state index in [4.69, 9.17) is 14.6 Å². The quantitative estimate of drug-likeness (QED) is 0.290. The molecule has 0 spiro atoms. The van der Waals surface area contributed by atoms with Gasteiger partial charge in [0.2, 0.25) is 0 Å². The maximum Gasteiger partial charge on any atom is 0.346 e. The maximum absolute atomic E-state index is 11.5. The molecule has 3 atom stereocenters. The van der Waals surface area contributed by atoms with Crippen LogP contribution in [-0.2, 0) is 14.3 Å². The lowest BCUT2D eigenvalue weighted by molar-refractivity contribution is -0.143. The van der Waals surface area contributed by atoms with Gasteiger partial charge in [0.15, 0.2) is 6.29 Å². The van der Waals surface area contributed by atoms with Crippen LogP contribution in [0.25, 0.3) is 0 Å². The van der Waals surface area contributed by atoms with Crippen LogP contribution >= 0.6 is 0 Å². The first-order valence-electron chi connectivity index (χ1n) is 8.23. The van der Waals surface area contributed by atoms with Crippen molar-refractivity contribution in [3.8, 4) is 0 Å². The predicted octanol–water partition coefficient (Wildman–Crippen LogP) is 1.02. The van der Waals surface area contributed by atoms with Crippen molar-refractivity contribution in [1.82, 2.24) is 5.32 Å². The van der Waals surface area contributed by atoms with Gasteiger partial charge in [-0.2, -0.15) is 0 Å². The van der Waals surface area contributed by atoms with Gasteiger partial charge in [-0.05, 0) is 31.1 Å². The van der Waals surface area contributed by atoms with Crippen LogP contribution in [0.3, 0.4) is 0 Å². The molecule has 0 amide bonds. The summed E-state index contributed by atoms with van der Waals surface area (Å²) in [5.74, 6) is -0.834. The van der Waals surface area contributed by atoms with Crippen molar-refractivity contribution in [2.75, 3.05) is 26.9 Å². The van der Waals surface area contributed by atoms with Crippen molar-refractivity contribution in [2.24, 2.45) is 5.92 Å². The van der Waals surface area contributed by atoms with E-state index in [1.807, 2.05) is 6.92 Å². The number of hydrogen-bond acceptors (Lipinski definition) is 5. The summed E-state index contributed by atoms with van der Waals surface area (Å²) >= 11 is 0. The number of carboxylic acids is 1. The van der Waals surface area contributed by atoms with Crippen molar-refractivity contribution in [1.29, 1.82) is 0 Å². The van der Waals surface area contributed by atoms with Gasteiger partial charge < -0.3 is 19.7 Å². The highest BCUT2D eigenvalue weighted by Crippen LogP contribution is 2.17. The largest absolute Gasteiger partial charge is 0.480 e. The van der Waals surface area contributed by atoms with Gasteiger partial charge in [-0.3, -0.25) is 14.9 Å². The van der Waals surface area contributed by atoms with Crippen molar-refractivity contribution in [2.45, 2.75) is 32.6 Å². The Morgan fingerprint density at radius 1 is 1.44 bits per heavy atom. The van der Waals surface area contributed by atoms with Crippen molar-refractivity contribution in [3.63, 3.8) is 0 Å². The van der Waals surface area contributed by atoms with Crippen LogP contribution < -0.4 is 5.32 Å². The van der Waals surface area contributed by atoms with Gasteiger partial charge in [0, 0.05) is 32.3 Å². The van der Waals surface area contributed by atoms with E-state index in [0.717, 1.165) is 5.57 Å². The summed E-state index contributed by atoms with van der Waals surface area (Å²) in [5.41, 5.74) is 1.47. The van der Waals surface area contributed by atoms with Crippen molar-refractivity contribution < 1.29 is 29.3 Å². The second-order valence-electron chi connectivity index (χ2n) is 5.97. The first kappa shape index (κ1) is 21.2. The minimum Gasteiger partial charge on any atom is -0.480 e. The first-order chi connectivity index (χ1) is 11.9. The van der Waals surface area contributed by atoms with E-state index < -0.39 is 18.3 Å². The van der Waals surface area contributed by atoms with Gasteiger partial charge in [-0.1, -0.05) is 13.0 Å². The summed E-state index contributed by atoms with van der Waals surface area (Å²) in [4.78, 5) is 21.2. The number of aliphatic hydroxyl groups excluding tert-OH is 1. The Morgan fingerprint density at radius 2 is 2.16 bits per heavy atom. The van der Waals surface area contributed by atoms with Crippen LogP contribution in [0.4, 0.5) is 0 Å². The second kappa shape index (κ2) is 10.9. The molecule has 25 heavy (non-hydrogen) atoms. The molecular formula is C18H28NO6+. The molecule has 0 radical (unpaired) electrons. The SMILES string of the molecule is CC=C1C=C(CC(NCC(OC)OCC(C)CO)C(=O)O)C=CC1=[OH+]. The first-order valence-corrected chi connectivity index (χ1v) is 8.23. The Kier molecular flexibility index (Phi) is 9.30. The third kappa shape index (κ3) is 7.31. The molecule has 1 aliphatic carbocycles. The number of aliphatic carboxylic acids is 1. The van der Waals surface area contributed by atoms with Crippen LogP contribution in [0.15, 0.2) is 35.5 Å². The minimum atomic E-state index is -0.978. The number of ketones is 1. The van der Waals surface area contributed by atoms with Gasteiger partial charge in [-0.15, -0.1) is 0 Å². The van der Waals surface area contributed by atoms with Gasteiger partial charge in [-0.25, -0.2) is 0 Å². The van der Waals surface area contributed by atoms with Crippen LogP contribution in [0.1, 0.15) is 20.3 Å². The highest BCUT2D eigenvalue weighted by Gasteiger charge is 2.23. The van der Waals surface area contributed by atoms with Gasteiger partial charge in [0.25, 0.3) is 0 Å². The number of rotatable bonds is 11. The van der Waals surface area contributed by atoms with Crippen LogP contribution in [0, 0.1) is 5.92 Å². The average molecular weight is 354 g/mol. The number of carbonyl (C=O) groups excluding carboxylic acids is 1. The number of ether oxygens (including phenoxy) is 2. The summed E-state index contributed by atoms with van der Waals surface area (Å²) in [6.45, 7) is 4.19. The Labute approximate surface area is 148 Å². The number of carboxylic acid groups (broad SMARTS) is 1. The van der Waals surface area contributed by atoms with Gasteiger partial charge >= 0.3 is 11.8 Å². The number of nitrogens with one attached hydrogen (secondary N) is 1. The highest BCUT2D eigenvalue weighted by molar-refractivity contribution is 6.08. The van der Waals surface area contributed by atoms with Crippen molar-refractivity contribution in [3.05, 3.63) is 35.5 Å². The molecule has 0 aromatic carbocycles. The van der Waals surface area contributed by atoms with Crippen molar-refractivity contribution >= 4 is 11.8 Å². The third-order valence-corrected chi connectivity index (χ3v) is 3.81. The molecule has 7 nitrogen and oxygen atoms in total. The van der Waals surface area contributed by atoms with E-state index >= 15 is 0 Å². The minimum absolute atomic E-state index is 0.0131. The molecule has 0 aromatic heterocycles. The summed E-state index contributed by atoms with van der Waals surface area (Å²) < 4.78 is 10.7. The van der Waals surface area contributed by atoms with Gasteiger partial charge in [0.05, 0.1) is 12.2 Å². The number of allylic oxidation sites excluding steroid dienone is 5. The molecule has 3 unspecified atom stereocenters. The van der Waals surface area contributed by atoms with E-state index in [-0.39, 0.29) is 31.3 Å². The highest BCUT2D eigenvalue weighted by atomic mass is 16.7.